The number of hydrogen-bond donors (Lipinski definition) is 3. The van der Waals surface area contributed by atoms with Crippen LogP contribution < -0.4 is 10.6 Å². The molecule has 1 aromatic carbocycles. The van der Waals surface area contributed by atoms with Gasteiger partial charge in [-0.3, -0.25) is 0 Å². The summed E-state index contributed by atoms with van der Waals surface area (Å²) in [4.78, 5) is 21.4. The van der Waals surface area contributed by atoms with Crippen molar-refractivity contribution in [2.75, 3.05) is 17.2 Å². The van der Waals surface area contributed by atoms with Crippen LogP contribution in [0.1, 0.15) is 41.5 Å². The number of cyclic esters (lactones) is 1. The maximum atomic E-state index is 12.3. The van der Waals surface area contributed by atoms with E-state index in [9.17, 15) is 9.90 Å². The van der Waals surface area contributed by atoms with Crippen molar-refractivity contribution >= 4 is 23.3 Å². The van der Waals surface area contributed by atoms with Crippen LogP contribution in [-0.2, 0) is 11.2 Å². The van der Waals surface area contributed by atoms with Gasteiger partial charge in [0.05, 0.1) is 35.2 Å². The minimum Gasteiger partial charge on any atom is -0.456 e. The Morgan fingerprint density at radius 3 is 2.69 bits per heavy atom. The molecule has 0 amide bonds. The molecule has 1 aliphatic heterocycles. The number of nitrogens with one attached hydrogen (secondary N) is 2. The number of anilines is 3. The molecule has 4 heterocycles. The minimum atomic E-state index is -0.618. The van der Waals surface area contributed by atoms with Crippen LogP contribution in [0.2, 0.25) is 0 Å². The number of aliphatic hydroxyl groups excluding tert-OH is 1. The van der Waals surface area contributed by atoms with Gasteiger partial charge in [-0.1, -0.05) is 30.3 Å². The van der Waals surface area contributed by atoms with Crippen molar-refractivity contribution in [2.45, 2.75) is 31.9 Å². The normalized spacial score (nSPS) is 15.1. The number of carbonyl (C=O) groups is 1. The highest BCUT2D eigenvalue weighted by molar-refractivity contribution is 5.92. The lowest BCUT2D eigenvalue weighted by Gasteiger charge is -2.30. The Bertz CT molecular complexity index is 1340. The van der Waals surface area contributed by atoms with E-state index < -0.39 is 5.60 Å². The van der Waals surface area contributed by atoms with Gasteiger partial charge in [0.15, 0.2) is 0 Å². The SMILES string of the molecule is CC1(C)Cc2nc(Nc3cc(N[C@H](CO)c4ccccc4)c(-c4nnco4)cn3)ccc2C(=O)O1. The molecular formula is C25H24N6O4. The van der Waals surface area contributed by atoms with E-state index in [1.807, 2.05) is 44.2 Å². The van der Waals surface area contributed by atoms with Crippen molar-refractivity contribution in [1.82, 2.24) is 20.2 Å². The van der Waals surface area contributed by atoms with Gasteiger partial charge in [-0.25, -0.2) is 14.8 Å². The summed E-state index contributed by atoms with van der Waals surface area (Å²) in [6.07, 6.45) is 3.36. The summed E-state index contributed by atoms with van der Waals surface area (Å²) in [7, 11) is 0. The molecule has 0 saturated carbocycles. The maximum absolute atomic E-state index is 12.3. The molecule has 0 saturated heterocycles. The zero-order valence-corrected chi connectivity index (χ0v) is 19.2. The van der Waals surface area contributed by atoms with Gasteiger partial charge >= 0.3 is 5.97 Å². The van der Waals surface area contributed by atoms with Crippen LogP contribution >= 0.6 is 0 Å². The van der Waals surface area contributed by atoms with Crippen LogP contribution in [0, 0.1) is 0 Å². The topological polar surface area (TPSA) is 135 Å². The first-order chi connectivity index (χ1) is 16.9. The van der Waals surface area contributed by atoms with Crippen molar-refractivity contribution in [1.29, 1.82) is 0 Å². The number of aromatic nitrogens is 4. The molecule has 3 N–H and O–H groups in total. The van der Waals surface area contributed by atoms with Gasteiger partial charge in [-0.15, -0.1) is 10.2 Å². The number of carbonyl (C=O) groups excluding carboxylic acids is 1. The lowest BCUT2D eigenvalue weighted by Crippen LogP contribution is -2.36. The molecule has 10 nitrogen and oxygen atoms in total. The predicted molar refractivity (Wildman–Crippen MR) is 128 cm³/mol. The van der Waals surface area contributed by atoms with Crippen LogP contribution in [-0.4, -0.2) is 43.4 Å². The number of pyridine rings is 2. The predicted octanol–water partition coefficient (Wildman–Crippen LogP) is 3.91. The highest BCUT2D eigenvalue weighted by Gasteiger charge is 2.33. The summed E-state index contributed by atoms with van der Waals surface area (Å²) >= 11 is 0. The fourth-order valence-corrected chi connectivity index (χ4v) is 3.98. The second-order valence-corrected chi connectivity index (χ2v) is 8.79. The van der Waals surface area contributed by atoms with E-state index in [0.29, 0.717) is 46.5 Å². The first kappa shape index (κ1) is 22.5. The van der Waals surface area contributed by atoms with Crippen LogP contribution in [0.3, 0.4) is 0 Å². The van der Waals surface area contributed by atoms with E-state index >= 15 is 0 Å². The fourth-order valence-electron chi connectivity index (χ4n) is 3.98. The molecule has 3 aromatic heterocycles. The molecule has 4 aromatic rings. The van der Waals surface area contributed by atoms with Crippen molar-refractivity contribution in [2.24, 2.45) is 0 Å². The van der Waals surface area contributed by atoms with Crippen molar-refractivity contribution in [3.8, 4) is 11.5 Å². The van der Waals surface area contributed by atoms with E-state index in [2.05, 4.69) is 30.8 Å². The quantitative estimate of drug-likeness (QED) is 0.340. The standard InChI is InChI=1S/C25H24N6O4/c1-25(2)11-19-16(24(33)35-25)8-9-21(29-19)30-22-10-18(17(12-26-22)23-31-27-14-34-23)28-20(13-32)15-6-4-3-5-7-15/h3-10,12,14,20,32H,11,13H2,1-2H3,(H2,26,28,29,30)/t20-/m1/s1. The molecule has 0 aliphatic carbocycles. The number of nitrogens with zero attached hydrogens (tertiary/aromatic N) is 4. The molecule has 35 heavy (non-hydrogen) atoms. The largest absolute Gasteiger partial charge is 0.456 e. The Morgan fingerprint density at radius 1 is 1.11 bits per heavy atom. The van der Waals surface area contributed by atoms with Gasteiger partial charge in [0.2, 0.25) is 6.39 Å². The molecule has 0 unspecified atom stereocenters. The van der Waals surface area contributed by atoms with Crippen LogP contribution in [0.15, 0.2) is 65.5 Å². The number of ether oxygens (including phenoxy) is 1. The molecule has 1 aliphatic rings. The zero-order chi connectivity index (χ0) is 24.4. The molecule has 0 fully saturated rings. The summed E-state index contributed by atoms with van der Waals surface area (Å²) < 4.78 is 10.8. The third-order valence-electron chi connectivity index (χ3n) is 5.62. The molecular weight excluding hydrogens is 448 g/mol. The fraction of sp³-hybridized carbons (Fsp3) is 0.240. The Kier molecular flexibility index (Phi) is 5.87. The molecule has 0 spiro atoms. The van der Waals surface area contributed by atoms with Gasteiger partial charge < -0.3 is 24.9 Å². The Balaban J connectivity index is 1.46. The second kappa shape index (κ2) is 9.15. The first-order valence-corrected chi connectivity index (χ1v) is 11.1. The smallest absolute Gasteiger partial charge is 0.340 e. The minimum absolute atomic E-state index is 0.128. The average molecular weight is 473 g/mol. The van der Waals surface area contributed by atoms with Gasteiger partial charge in [-0.2, -0.15) is 0 Å². The summed E-state index contributed by atoms with van der Waals surface area (Å²) in [5.41, 5.74) is 2.66. The maximum Gasteiger partial charge on any atom is 0.340 e. The first-order valence-electron chi connectivity index (χ1n) is 11.1. The Morgan fingerprint density at radius 2 is 1.94 bits per heavy atom. The van der Waals surface area contributed by atoms with E-state index in [1.165, 1.54) is 6.39 Å². The molecule has 0 bridgehead atoms. The molecule has 5 rings (SSSR count). The molecule has 10 heteroatoms. The number of fused-ring (bicyclic) bond motifs is 1. The van der Waals surface area contributed by atoms with Gasteiger partial charge in [-0.05, 0) is 31.5 Å². The second-order valence-electron chi connectivity index (χ2n) is 8.79. The number of aliphatic hydroxyl groups is 1. The van der Waals surface area contributed by atoms with E-state index in [0.717, 1.165) is 5.56 Å². The monoisotopic (exact) mass is 472 g/mol. The lowest BCUT2D eigenvalue weighted by atomic mass is 9.95. The van der Waals surface area contributed by atoms with Gasteiger partial charge in [0, 0.05) is 18.7 Å². The summed E-state index contributed by atoms with van der Waals surface area (Å²) in [5, 5.41) is 24.4. The van der Waals surface area contributed by atoms with E-state index in [-0.39, 0.29) is 18.6 Å². The third kappa shape index (κ3) is 4.82. The van der Waals surface area contributed by atoms with Gasteiger partial charge in [0.1, 0.15) is 17.2 Å². The van der Waals surface area contributed by atoms with Crippen molar-refractivity contribution in [3.05, 3.63) is 77.9 Å². The van der Waals surface area contributed by atoms with Crippen LogP contribution in [0.5, 0.6) is 0 Å². The number of benzene rings is 1. The Hall–Kier alpha value is -4.31. The summed E-state index contributed by atoms with van der Waals surface area (Å²) in [5.74, 6) is 0.967. The molecule has 178 valence electrons. The Labute approximate surface area is 201 Å². The summed E-state index contributed by atoms with van der Waals surface area (Å²) in [6.45, 7) is 3.59. The number of hydrogen-bond acceptors (Lipinski definition) is 10. The lowest BCUT2D eigenvalue weighted by molar-refractivity contribution is -0.00714. The molecule has 1 atom stereocenters. The van der Waals surface area contributed by atoms with Crippen molar-refractivity contribution < 1.29 is 19.1 Å². The summed E-state index contributed by atoms with van der Waals surface area (Å²) in [6, 6.07) is 14.4. The van der Waals surface area contributed by atoms with Crippen LogP contribution in [0.25, 0.3) is 11.5 Å². The highest BCUT2D eigenvalue weighted by Crippen LogP contribution is 2.32. The molecule has 0 radical (unpaired) electrons. The van der Waals surface area contributed by atoms with E-state index in [1.54, 1.807) is 24.4 Å². The number of esters is 1. The van der Waals surface area contributed by atoms with Crippen LogP contribution in [0.4, 0.5) is 17.3 Å². The van der Waals surface area contributed by atoms with Gasteiger partial charge in [0.25, 0.3) is 5.89 Å². The third-order valence-corrected chi connectivity index (χ3v) is 5.62. The van der Waals surface area contributed by atoms with Crippen molar-refractivity contribution in [3.63, 3.8) is 0 Å². The van der Waals surface area contributed by atoms with E-state index in [4.69, 9.17) is 9.15 Å². The average Bonchev–Trinajstić information content (AvgIpc) is 3.37. The highest BCUT2D eigenvalue weighted by atomic mass is 16.6. The zero-order valence-electron chi connectivity index (χ0n) is 19.2. The number of rotatable bonds is 7.